The van der Waals surface area contributed by atoms with Gasteiger partial charge in [-0.05, 0) is 94.0 Å². The number of anilines is 1. The smallest absolute Gasteiger partial charge is 0.241 e. The van der Waals surface area contributed by atoms with Crippen LogP contribution in [0.25, 0.3) is 0 Å². The fraction of sp³-hybridized carbons (Fsp3) is 0.594. The first kappa shape index (κ1) is 32.3. The molecule has 0 spiro atoms. The lowest BCUT2D eigenvalue weighted by Gasteiger charge is -2.37. The second-order valence-corrected chi connectivity index (χ2v) is 14.7. The lowest BCUT2D eigenvalue weighted by atomic mass is 9.72. The lowest BCUT2D eigenvalue weighted by molar-refractivity contribution is -0.118. The van der Waals surface area contributed by atoms with Crippen molar-refractivity contribution in [1.29, 1.82) is 0 Å². The zero-order valence-corrected chi connectivity index (χ0v) is 26.4. The van der Waals surface area contributed by atoms with E-state index in [1.54, 1.807) is 16.4 Å². The highest BCUT2D eigenvalue weighted by Crippen LogP contribution is 2.39. The summed E-state index contributed by atoms with van der Waals surface area (Å²) < 4.78 is 48.5. The van der Waals surface area contributed by atoms with Crippen LogP contribution in [-0.4, -0.2) is 68.3 Å². The first-order valence-electron chi connectivity index (χ1n) is 15.6. The molecule has 2 bridgehead atoms. The molecule has 1 amide bonds. The van der Waals surface area contributed by atoms with Crippen LogP contribution in [0.3, 0.4) is 0 Å². The van der Waals surface area contributed by atoms with Crippen molar-refractivity contribution < 1.29 is 22.3 Å². The van der Waals surface area contributed by atoms with Crippen LogP contribution in [0.5, 0.6) is 0 Å². The van der Waals surface area contributed by atoms with Gasteiger partial charge in [0.25, 0.3) is 0 Å². The number of rotatable bonds is 10. The van der Waals surface area contributed by atoms with Gasteiger partial charge in [-0.25, -0.2) is 12.8 Å². The molecule has 236 valence electrons. The normalized spacial score (nSPS) is 28.4. The Balaban J connectivity index is 1.31. The molecule has 2 saturated heterocycles. The van der Waals surface area contributed by atoms with Crippen LogP contribution in [-0.2, 0) is 26.0 Å². The van der Waals surface area contributed by atoms with Gasteiger partial charge < -0.3 is 21.1 Å². The minimum absolute atomic E-state index is 0.142. The Labute approximate surface area is 259 Å². The zero-order chi connectivity index (χ0) is 30.6. The number of hydrogen-bond donors (Lipinski definition) is 3. The predicted molar refractivity (Wildman–Crippen MR) is 168 cm³/mol. The summed E-state index contributed by atoms with van der Waals surface area (Å²) in [5.74, 6) is -0.732. The highest BCUT2D eigenvalue weighted by atomic mass is 35.5. The monoisotopic (exact) mass is 634 g/mol. The van der Waals surface area contributed by atoms with Crippen molar-refractivity contribution in [2.24, 2.45) is 11.7 Å². The first-order valence-corrected chi connectivity index (χ1v) is 17.6. The molecule has 2 aliphatic heterocycles. The molecular weight excluding hydrogens is 591 g/mol. The Morgan fingerprint density at radius 1 is 1.16 bits per heavy atom. The Bertz CT molecular complexity index is 1350. The minimum Gasteiger partial charge on any atom is -0.379 e. The second kappa shape index (κ2) is 14.3. The van der Waals surface area contributed by atoms with E-state index in [1.807, 2.05) is 31.2 Å². The number of nitrogens with zero attached hydrogens (tertiary/aromatic N) is 1. The highest BCUT2D eigenvalue weighted by molar-refractivity contribution is 7.89. The van der Waals surface area contributed by atoms with Gasteiger partial charge in [0.05, 0.1) is 17.9 Å². The quantitative estimate of drug-likeness (QED) is 0.345. The van der Waals surface area contributed by atoms with Crippen LogP contribution < -0.4 is 16.4 Å². The number of nitrogens with two attached hydrogens (primary N) is 1. The molecule has 2 aromatic rings. The first-order chi connectivity index (χ1) is 20.7. The summed E-state index contributed by atoms with van der Waals surface area (Å²) in [6.45, 7) is 3.65. The summed E-state index contributed by atoms with van der Waals surface area (Å²) in [5.41, 5.74) is 8.41. The number of piperazine rings is 1. The summed E-state index contributed by atoms with van der Waals surface area (Å²) in [6, 6.07) is 11.1. The van der Waals surface area contributed by atoms with E-state index in [0.29, 0.717) is 48.8 Å². The zero-order valence-electron chi connectivity index (χ0n) is 24.8. The Kier molecular flexibility index (Phi) is 10.8. The van der Waals surface area contributed by atoms with Crippen LogP contribution in [0, 0.1) is 11.7 Å². The topological polar surface area (TPSA) is 114 Å². The van der Waals surface area contributed by atoms with Crippen LogP contribution >= 0.6 is 11.6 Å². The number of hydrogen-bond acceptors (Lipinski definition) is 6. The number of carbonyl (C=O) groups is 1. The van der Waals surface area contributed by atoms with E-state index in [0.717, 1.165) is 37.7 Å². The van der Waals surface area contributed by atoms with E-state index in [2.05, 4.69) is 10.6 Å². The molecule has 3 fully saturated rings. The van der Waals surface area contributed by atoms with Gasteiger partial charge in [-0.1, -0.05) is 29.8 Å². The van der Waals surface area contributed by atoms with Crippen LogP contribution in [0.15, 0.2) is 42.5 Å². The van der Waals surface area contributed by atoms with Crippen molar-refractivity contribution in [3.8, 4) is 0 Å². The van der Waals surface area contributed by atoms with Gasteiger partial charge in [-0.3, -0.25) is 4.79 Å². The number of nitrogens with one attached hydrogen (secondary N) is 2. The van der Waals surface area contributed by atoms with Gasteiger partial charge in [-0.15, -0.1) is 0 Å². The number of halogens is 2. The molecule has 0 radical (unpaired) electrons. The number of amides is 1. The molecule has 5 rings (SSSR count). The third-order valence-corrected chi connectivity index (χ3v) is 11.7. The SMILES string of the molecule is CCOC1CCC(C(c2ccc(Cl)cc2)C(N)C(=O)Nc2cccc(F)c2CCC2CNC3CCCS(=O)(=O)N2C3)CC1. The largest absolute Gasteiger partial charge is 0.379 e. The second-order valence-electron chi connectivity index (χ2n) is 12.2. The van der Waals surface area contributed by atoms with E-state index >= 15 is 4.39 Å². The van der Waals surface area contributed by atoms with E-state index in [1.165, 1.54) is 6.07 Å². The van der Waals surface area contributed by atoms with Crippen LogP contribution in [0.4, 0.5) is 10.1 Å². The summed E-state index contributed by atoms with van der Waals surface area (Å²) in [7, 11) is -3.35. The molecule has 2 heterocycles. The summed E-state index contributed by atoms with van der Waals surface area (Å²) in [5, 5.41) is 7.01. The summed E-state index contributed by atoms with van der Waals surface area (Å²) >= 11 is 6.17. The molecule has 1 aliphatic carbocycles. The van der Waals surface area contributed by atoms with Gasteiger partial charge in [0.15, 0.2) is 0 Å². The average Bonchev–Trinajstić information content (AvgIpc) is 3.10. The van der Waals surface area contributed by atoms with Crippen molar-refractivity contribution in [2.75, 3.05) is 30.8 Å². The molecule has 11 heteroatoms. The molecule has 5 atom stereocenters. The number of carbonyl (C=O) groups excluding carboxylic acids is 1. The van der Waals surface area contributed by atoms with Crippen molar-refractivity contribution in [3.63, 3.8) is 0 Å². The Morgan fingerprint density at radius 3 is 2.63 bits per heavy atom. The van der Waals surface area contributed by atoms with Crippen molar-refractivity contribution in [1.82, 2.24) is 9.62 Å². The molecule has 3 aliphatic rings. The van der Waals surface area contributed by atoms with Crippen LogP contribution in [0.2, 0.25) is 5.02 Å². The fourth-order valence-electron chi connectivity index (χ4n) is 7.17. The molecule has 43 heavy (non-hydrogen) atoms. The van der Waals surface area contributed by atoms with Gasteiger partial charge in [0.1, 0.15) is 5.82 Å². The molecular formula is C32H44ClFN4O4S. The standard InChI is InChI=1S/C32H44ClFN4O4S/c1-2-42-26-15-10-22(11-16-26)30(21-8-12-23(33)13-9-21)31(35)32(39)37-29-7-3-6-28(34)27(29)17-14-25-19-36-24-5-4-18-43(40,41)38(25)20-24/h3,6-9,12-13,22,24-26,30-31,36H,2,4-5,10-11,14-20,35H2,1H3,(H,37,39). The van der Waals surface area contributed by atoms with Gasteiger partial charge >= 0.3 is 0 Å². The van der Waals surface area contributed by atoms with E-state index < -0.39 is 21.9 Å². The maximum absolute atomic E-state index is 15.2. The average molecular weight is 635 g/mol. The van der Waals surface area contributed by atoms with Crippen molar-refractivity contribution in [2.45, 2.75) is 88.4 Å². The Morgan fingerprint density at radius 2 is 1.91 bits per heavy atom. The minimum atomic E-state index is -3.35. The van der Waals surface area contributed by atoms with Crippen molar-refractivity contribution >= 4 is 33.2 Å². The summed E-state index contributed by atoms with van der Waals surface area (Å²) in [4.78, 5) is 13.7. The molecule has 2 aromatic carbocycles. The van der Waals surface area contributed by atoms with E-state index in [4.69, 9.17) is 22.1 Å². The molecule has 8 nitrogen and oxygen atoms in total. The van der Waals surface area contributed by atoms with E-state index in [-0.39, 0.29) is 48.1 Å². The van der Waals surface area contributed by atoms with Gasteiger partial charge in [0.2, 0.25) is 15.9 Å². The number of ether oxygens (including phenoxy) is 1. The Hall–Kier alpha value is -2.08. The third-order valence-electron chi connectivity index (χ3n) is 9.44. The third kappa shape index (κ3) is 7.78. The molecule has 4 N–H and O–H groups in total. The fourth-order valence-corrected chi connectivity index (χ4v) is 9.11. The maximum Gasteiger partial charge on any atom is 0.241 e. The lowest BCUT2D eigenvalue weighted by Crippen LogP contribution is -2.57. The van der Waals surface area contributed by atoms with Crippen LogP contribution in [0.1, 0.15) is 68.9 Å². The number of fused-ring (bicyclic) bond motifs is 2. The number of benzene rings is 2. The maximum atomic E-state index is 15.2. The van der Waals surface area contributed by atoms with Gasteiger partial charge in [-0.2, -0.15) is 4.31 Å². The predicted octanol–water partition coefficient (Wildman–Crippen LogP) is 4.82. The molecule has 5 unspecified atom stereocenters. The van der Waals surface area contributed by atoms with Gasteiger partial charge in [0, 0.05) is 54.0 Å². The summed E-state index contributed by atoms with van der Waals surface area (Å²) in [6.07, 6.45) is 6.01. The molecule has 0 aromatic heterocycles. The van der Waals surface area contributed by atoms with E-state index in [9.17, 15) is 13.2 Å². The molecule has 1 saturated carbocycles. The number of sulfonamides is 1. The highest BCUT2D eigenvalue weighted by Gasteiger charge is 2.39. The van der Waals surface area contributed by atoms with Crippen molar-refractivity contribution in [3.05, 3.63) is 64.4 Å².